The first-order valence-electron chi connectivity index (χ1n) is 8.37. The SMILES string of the molecule is CCc1ccccc1Nc1ncc(C(=O)N2CCN(C=O)CC2)cn1. The van der Waals surface area contributed by atoms with E-state index in [9.17, 15) is 9.59 Å². The van der Waals surface area contributed by atoms with Crippen LogP contribution in [-0.4, -0.2) is 58.3 Å². The molecule has 1 aliphatic rings. The Balaban J connectivity index is 1.66. The lowest BCUT2D eigenvalue weighted by atomic mass is 10.1. The number of amides is 2. The molecule has 1 aromatic carbocycles. The summed E-state index contributed by atoms with van der Waals surface area (Å²) in [6.07, 6.45) is 4.81. The Morgan fingerprint density at radius 1 is 1.16 bits per heavy atom. The highest BCUT2D eigenvalue weighted by Crippen LogP contribution is 2.19. The highest BCUT2D eigenvalue weighted by atomic mass is 16.2. The third-order valence-corrected chi connectivity index (χ3v) is 4.29. The summed E-state index contributed by atoms with van der Waals surface area (Å²) in [5.74, 6) is 0.356. The van der Waals surface area contributed by atoms with E-state index in [4.69, 9.17) is 0 Å². The molecule has 0 atom stereocenters. The zero-order valence-corrected chi connectivity index (χ0v) is 14.2. The Bertz CT molecular complexity index is 739. The Hall–Kier alpha value is -2.96. The zero-order chi connectivity index (χ0) is 17.6. The van der Waals surface area contributed by atoms with Crippen LogP contribution in [0.25, 0.3) is 0 Å². The number of para-hydroxylation sites is 1. The molecule has 0 bridgehead atoms. The van der Waals surface area contributed by atoms with E-state index < -0.39 is 0 Å². The molecular formula is C18H21N5O2. The molecule has 0 aliphatic carbocycles. The lowest BCUT2D eigenvalue weighted by molar-refractivity contribution is -0.119. The van der Waals surface area contributed by atoms with Gasteiger partial charge in [-0.2, -0.15) is 0 Å². The van der Waals surface area contributed by atoms with Gasteiger partial charge in [0, 0.05) is 44.3 Å². The van der Waals surface area contributed by atoms with Gasteiger partial charge in [0.2, 0.25) is 12.4 Å². The van der Waals surface area contributed by atoms with E-state index in [1.165, 1.54) is 5.56 Å². The molecule has 2 aromatic rings. The van der Waals surface area contributed by atoms with E-state index in [-0.39, 0.29) is 5.91 Å². The average molecular weight is 339 g/mol. The predicted molar refractivity (Wildman–Crippen MR) is 94.7 cm³/mol. The fourth-order valence-corrected chi connectivity index (χ4v) is 2.79. The van der Waals surface area contributed by atoms with Gasteiger partial charge < -0.3 is 15.1 Å². The van der Waals surface area contributed by atoms with E-state index in [0.717, 1.165) is 18.5 Å². The second-order valence-electron chi connectivity index (χ2n) is 5.86. The molecule has 3 rings (SSSR count). The van der Waals surface area contributed by atoms with Gasteiger partial charge in [0.1, 0.15) is 0 Å². The fraction of sp³-hybridized carbons (Fsp3) is 0.333. The van der Waals surface area contributed by atoms with Crippen molar-refractivity contribution in [1.29, 1.82) is 0 Å². The summed E-state index contributed by atoms with van der Waals surface area (Å²) in [6, 6.07) is 7.99. The van der Waals surface area contributed by atoms with Crippen molar-refractivity contribution in [2.75, 3.05) is 31.5 Å². The van der Waals surface area contributed by atoms with Crippen LogP contribution in [-0.2, 0) is 11.2 Å². The lowest BCUT2D eigenvalue weighted by Crippen LogP contribution is -2.48. The molecule has 130 valence electrons. The number of rotatable bonds is 5. The number of anilines is 2. The molecule has 2 amide bonds. The molecule has 1 N–H and O–H groups in total. The molecule has 1 fully saturated rings. The molecule has 2 heterocycles. The summed E-state index contributed by atoms with van der Waals surface area (Å²) < 4.78 is 0. The number of piperazine rings is 1. The van der Waals surface area contributed by atoms with E-state index in [0.29, 0.717) is 37.7 Å². The smallest absolute Gasteiger partial charge is 0.257 e. The normalized spacial score (nSPS) is 14.3. The molecule has 1 aliphatic heterocycles. The minimum atomic E-state index is -0.106. The quantitative estimate of drug-likeness (QED) is 0.839. The van der Waals surface area contributed by atoms with Crippen molar-refractivity contribution in [3.63, 3.8) is 0 Å². The Labute approximate surface area is 146 Å². The van der Waals surface area contributed by atoms with Gasteiger partial charge >= 0.3 is 0 Å². The van der Waals surface area contributed by atoms with Crippen LogP contribution >= 0.6 is 0 Å². The van der Waals surface area contributed by atoms with Gasteiger partial charge in [0.05, 0.1) is 5.56 Å². The molecule has 0 saturated carbocycles. The highest BCUT2D eigenvalue weighted by molar-refractivity contribution is 5.93. The van der Waals surface area contributed by atoms with Gasteiger partial charge in [-0.15, -0.1) is 0 Å². The monoisotopic (exact) mass is 339 g/mol. The van der Waals surface area contributed by atoms with Crippen LogP contribution in [0.3, 0.4) is 0 Å². The van der Waals surface area contributed by atoms with Crippen LogP contribution in [0.4, 0.5) is 11.6 Å². The van der Waals surface area contributed by atoms with Crippen molar-refractivity contribution in [2.45, 2.75) is 13.3 Å². The third kappa shape index (κ3) is 3.93. The van der Waals surface area contributed by atoms with Crippen molar-refractivity contribution in [3.05, 3.63) is 47.8 Å². The summed E-state index contributed by atoms with van der Waals surface area (Å²) in [7, 11) is 0. The first-order valence-corrected chi connectivity index (χ1v) is 8.37. The number of aromatic nitrogens is 2. The molecule has 1 saturated heterocycles. The minimum absolute atomic E-state index is 0.106. The number of carbonyl (C=O) groups excluding carboxylic acids is 2. The number of nitrogens with zero attached hydrogens (tertiary/aromatic N) is 4. The zero-order valence-electron chi connectivity index (χ0n) is 14.2. The molecule has 7 heteroatoms. The Kier molecular flexibility index (Phi) is 5.23. The second kappa shape index (κ2) is 7.74. The van der Waals surface area contributed by atoms with Crippen molar-refractivity contribution in [2.24, 2.45) is 0 Å². The summed E-state index contributed by atoms with van der Waals surface area (Å²) >= 11 is 0. The topological polar surface area (TPSA) is 78.4 Å². The minimum Gasteiger partial charge on any atom is -0.342 e. The van der Waals surface area contributed by atoms with Gasteiger partial charge in [0.25, 0.3) is 5.91 Å². The van der Waals surface area contributed by atoms with Crippen molar-refractivity contribution < 1.29 is 9.59 Å². The maximum atomic E-state index is 12.5. The van der Waals surface area contributed by atoms with Gasteiger partial charge in [-0.3, -0.25) is 9.59 Å². The number of nitrogens with one attached hydrogen (secondary N) is 1. The van der Waals surface area contributed by atoms with Crippen LogP contribution in [0.15, 0.2) is 36.7 Å². The van der Waals surface area contributed by atoms with Gasteiger partial charge in [-0.25, -0.2) is 9.97 Å². The molecule has 25 heavy (non-hydrogen) atoms. The summed E-state index contributed by atoms with van der Waals surface area (Å²) in [4.78, 5) is 35.1. The molecule has 0 radical (unpaired) electrons. The second-order valence-corrected chi connectivity index (χ2v) is 5.86. The number of benzene rings is 1. The van der Waals surface area contributed by atoms with E-state index in [1.807, 2.05) is 18.2 Å². The third-order valence-electron chi connectivity index (χ3n) is 4.29. The van der Waals surface area contributed by atoms with Crippen molar-refractivity contribution in [1.82, 2.24) is 19.8 Å². The van der Waals surface area contributed by atoms with Crippen LogP contribution in [0.5, 0.6) is 0 Å². The van der Waals surface area contributed by atoms with Gasteiger partial charge in [-0.1, -0.05) is 25.1 Å². The van der Waals surface area contributed by atoms with E-state index >= 15 is 0 Å². The Morgan fingerprint density at radius 3 is 2.48 bits per heavy atom. The lowest BCUT2D eigenvalue weighted by Gasteiger charge is -2.32. The van der Waals surface area contributed by atoms with Crippen LogP contribution < -0.4 is 5.32 Å². The Morgan fingerprint density at radius 2 is 1.84 bits per heavy atom. The van der Waals surface area contributed by atoms with E-state index in [1.54, 1.807) is 22.2 Å². The number of hydrogen-bond acceptors (Lipinski definition) is 5. The van der Waals surface area contributed by atoms with Crippen LogP contribution in [0.2, 0.25) is 0 Å². The molecule has 0 unspecified atom stereocenters. The first-order chi connectivity index (χ1) is 12.2. The van der Waals surface area contributed by atoms with Crippen LogP contribution in [0.1, 0.15) is 22.8 Å². The molecule has 0 spiro atoms. The fourth-order valence-electron chi connectivity index (χ4n) is 2.79. The molecular weight excluding hydrogens is 318 g/mol. The van der Waals surface area contributed by atoms with Crippen LogP contribution in [0, 0.1) is 0 Å². The molecule has 7 nitrogen and oxygen atoms in total. The van der Waals surface area contributed by atoms with E-state index in [2.05, 4.69) is 28.3 Å². The largest absolute Gasteiger partial charge is 0.342 e. The number of aryl methyl sites for hydroxylation is 1. The van der Waals surface area contributed by atoms with Crippen molar-refractivity contribution >= 4 is 24.0 Å². The summed E-state index contributed by atoms with van der Waals surface area (Å²) in [6.45, 7) is 4.27. The number of carbonyl (C=O) groups is 2. The summed E-state index contributed by atoms with van der Waals surface area (Å²) in [5.41, 5.74) is 2.60. The maximum Gasteiger partial charge on any atom is 0.257 e. The number of hydrogen-bond donors (Lipinski definition) is 1. The standard InChI is InChI=1S/C18H21N5O2/c1-2-14-5-3-4-6-16(14)21-18-19-11-15(12-20-18)17(25)23-9-7-22(13-24)8-10-23/h3-6,11-13H,2,7-10H2,1H3,(H,19,20,21). The average Bonchev–Trinajstić information content (AvgIpc) is 2.68. The van der Waals surface area contributed by atoms with Gasteiger partial charge in [0.15, 0.2) is 0 Å². The first kappa shape index (κ1) is 16.9. The highest BCUT2D eigenvalue weighted by Gasteiger charge is 2.21. The van der Waals surface area contributed by atoms with Gasteiger partial charge in [-0.05, 0) is 18.1 Å². The predicted octanol–water partition coefficient (Wildman–Crippen LogP) is 1.70. The van der Waals surface area contributed by atoms with Crippen molar-refractivity contribution in [3.8, 4) is 0 Å². The maximum absolute atomic E-state index is 12.5. The summed E-state index contributed by atoms with van der Waals surface area (Å²) in [5, 5.41) is 3.19. The molecule has 1 aromatic heterocycles.